The van der Waals surface area contributed by atoms with Crippen molar-refractivity contribution >= 4 is 17.7 Å². The summed E-state index contributed by atoms with van der Waals surface area (Å²) in [7, 11) is 0. The third-order valence-electron chi connectivity index (χ3n) is 3.90. The Morgan fingerprint density at radius 2 is 1.78 bits per heavy atom. The number of nitrogens with two attached hydrogens (primary N) is 1. The quantitative estimate of drug-likeness (QED) is 0.651. The summed E-state index contributed by atoms with van der Waals surface area (Å²) in [6, 6.07) is 8.00. The van der Waals surface area contributed by atoms with Gasteiger partial charge in [0.15, 0.2) is 0 Å². The maximum absolute atomic E-state index is 12.5. The van der Waals surface area contributed by atoms with Crippen molar-refractivity contribution in [1.82, 2.24) is 10.6 Å². The molecule has 1 aromatic carbocycles. The van der Waals surface area contributed by atoms with E-state index in [0.717, 1.165) is 18.4 Å². The zero-order valence-electron chi connectivity index (χ0n) is 13.2. The predicted octanol–water partition coefficient (Wildman–Crippen LogP) is 0.504. The lowest BCUT2D eigenvalue weighted by Crippen LogP contribution is -2.53. The lowest BCUT2D eigenvalue weighted by atomic mass is 10.0. The molecule has 3 amide bonds. The fraction of sp³-hybridized carbons (Fsp3) is 0.471. The van der Waals surface area contributed by atoms with Crippen LogP contribution in [0.3, 0.4) is 0 Å². The van der Waals surface area contributed by atoms with E-state index in [0.29, 0.717) is 18.8 Å². The van der Waals surface area contributed by atoms with Gasteiger partial charge in [-0.15, -0.1) is 0 Å². The molecule has 0 unspecified atom stereocenters. The molecule has 6 nitrogen and oxygen atoms in total. The maximum Gasteiger partial charge on any atom is 0.243 e. The lowest BCUT2D eigenvalue weighted by Gasteiger charge is -2.21. The number of carbonyl (C=O) groups is 3. The summed E-state index contributed by atoms with van der Waals surface area (Å²) >= 11 is 0. The zero-order chi connectivity index (χ0) is 16.8. The van der Waals surface area contributed by atoms with Gasteiger partial charge in [-0.05, 0) is 17.9 Å². The number of benzene rings is 1. The van der Waals surface area contributed by atoms with E-state index in [-0.39, 0.29) is 11.8 Å². The number of primary amides is 1. The van der Waals surface area contributed by atoms with Crippen molar-refractivity contribution in [2.24, 2.45) is 11.7 Å². The second-order valence-electron chi connectivity index (χ2n) is 6.09. The van der Waals surface area contributed by atoms with Crippen molar-refractivity contribution in [3.63, 3.8) is 0 Å². The molecule has 0 bridgehead atoms. The van der Waals surface area contributed by atoms with Gasteiger partial charge in [0.2, 0.25) is 17.7 Å². The van der Waals surface area contributed by atoms with Crippen molar-refractivity contribution in [1.29, 1.82) is 0 Å². The first-order chi connectivity index (χ1) is 11.0. The first-order valence-electron chi connectivity index (χ1n) is 7.86. The van der Waals surface area contributed by atoms with Gasteiger partial charge in [0.05, 0.1) is 0 Å². The van der Waals surface area contributed by atoms with Crippen LogP contribution in [0.25, 0.3) is 0 Å². The largest absolute Gasteiger partial charge is 0.368 e. The summed E-state index contributed by atoms with van der Waals surface area (Å²) in [5.74, 6) is -0.750. The van der Waals surface area contributed by atoms with E-state index in [1.807, 2.05) is 30.3 Å². The number of hydrogen-bond donors (Lipinski definition) is 3. The van der Waals surface area contributed by atoms with E-state index in [4.69, 9.17) is 5.73 Å². The summed E-state index contributed by atoms with van der Waals surface area (Å²) < 4.78 is 0. The van der Waals surface area contributed by atoms with Crippen LogP contribution in [0.2, 0.25) is 0 Å². The van der Waals surface area contributed by atoms with Crippen LogP contribution in [0.15, 0.2) is 30.3 Å². The van der Waals surface area contributed by atoms with Crippen LogP contribution in [0.5, 0.6) is 0 Å². The highest BCUT2D eigenvalue weighted by atomic mass is 16.2. The third kappa shape index (κ3) is 5.73. The molecule has 124 valence electrons. The van der Waals surface area contributed by atoms with E-state index in [2.05, 4.69) is 10.6 Å². The number of carbonyl (C=O) groups excluding carboxylic acids is 3. The fourth-order valence-corrected chi connectivity index (χ4v) is 2.51. The highest BCUT2D eigenvalue weighted by molar-refractivity contribution is 5.91. The van der Waals surface area contributed by atoms with E-state index >= 15 is 0 Å². The molecule has 6 heteroatoms. The Morgan fingerprint density at radius 3 is 2.30 bits per heavy atom. The molecular formula is C17H23N3O3. The molecule has 1 saturated carbocycles. The molecule has 1 aromatic rings. The zero-order valence-corrected chi connectivity index (χ0v) is 13.2. The van der Waals surface area contributed by atoms with Gasteiger partial charge in [0.25, 0.3) is 0 Å². The summed E-state index contributed by atoms with van der Waals surface area (Å²) in [4.78, 5) is 35.4. The van der Waals surface area contributed by atoms with Gasteiger partial charge in [-0.1, -0.05) is 43.2 Å². The second kappa shape index (κ2) is 7.76. The van der Waals surface area contributed by atoms with Gasteiger partial charge < -0.3 is 16.4 Å². The third-order valence-corrected chi connectivity index (χ3v) is 3.90. The Hall–Kier alpha value is -2.37. The van der Waals surface area contributed by atoms with Crippen molar-refractivity contribution in [3.8, 4) is 0 Å². The number of nitrogens with one attached hydrogen (secondary N) is 2. The minimum absolute atomic E-state index is 0.293. The Kier molecular flexibility index (Phi) is 5.73. The van der Waals surface area contributed by atoms with Crippen LogP contribution in [0, 0.1) is 5.92 Å². The molecule has 1 aliphatic rings. The van der Waals surface area contributed by atoms with Crippen LogP contribution in [0.1, 0.15) is 31.7 Å². The van der Waals surface area contributed by atoms with Gasteiger partial charge in [-0.2, -0.15) is 0 Å². The van der Waals surface area contributed by atoms with Gasteiger partial charge in [-0.25, -0.2) is 0 Å². The number of amides is 3. The molecule has 0 radical (unpaired) electrons. The topological polar surface area (TPSA) is 101 Å². The van der Waals surface area contributed by atoms with Crippen molar-refractivity contribution < 1.29 is 14.4 Å². The summed E-state index contributed by atoms with van der Waals surface area (Å²) in [5, 5.41) is 5.32. The molecule has 0 saturated heterocycles. The smallest absolute Gasteiger partial charge is 0.243 e. The Labute approximate surface area is 135 Å². The van der Waals surface area contributed by atoms with Crippen molar-refractivity contribution in [3.05, 3.63) is 35.9 Å². The minimum Gasteiger partial charge on any atom is -0.368 e. The molecule has 4 N–H and O–H groups in total. The molecule has 2 rings (SSSR count). The summed E-state index contributed by atoms with van der Waals surface area (Å²) in [5.41, 5.74) is 6.30. The van der Waals surface area contributed by atoms with Crippen LogP contribution in [-0.4, -0.2) is 29.8 Å². The van der Waals surface area contributed by atoms with E-state index in [9.17, 15) is 14.4 Å². The molecule has 2 atom stereocenters. The molecule has 0 heterocycles. The Morgan fingerprint density at radius 1 is 1.13 bits per heavy atom. The summed E-state index contributed by atoms with van der Waals surface area (Å²) in [6.07, 6.45) is 3.07. The first-order valence-corrected chi connectivity index (χ1v) is 7.86. The van der Waals surface area contributed by atoms with Crippen LogP contribution in [-0.2, 0) is 20.8 Å². The van der Waals surface area contributed by atoms with Crippen molar-refractivity contribution in [2.75, 3.05) is 0 Å². The normalized spacial score (nSPS) is 16.2. The average molecular weight is 317 g/mol. The second-order valence-corrected chi connectivity index (χ2v) is 6.09. The van der Waals surface area contributed by atoms with Crippen LogP contribution in [0.4, 0.5) is 0 Å². The molecule has 0 aliphatic heterocycles. The lowest BCUT2D eigenvalue weighted by molar-refractivity contribution is -0.131. The van der Waals surface area contributed by atoms with E-state index in [1.54, 1.807) is 0 Å². The van der Waals surface area contributed by atoms with E-state index < -0.39 is 18.0 Å². The number of rotatable bonds is 8. The molecule has 0 spiro atoms. The molecule has 0 aromatic heterocycles. The monoisotopic (exact) mass is 317 g/mol. The summed E-state index contributed by atoms with van der Waals surface area (Å²) in [6.45, 7) is 1.36. The molecular weight excluding hydrogens is 294 g/mol. The maximum atomic E-state index is 12.5. The number of hydrogen-bond acceptors (Lipinski definition) is 3. The SMILES string of the molecule is CC(=O)N[C@@H](Cc1ccccc1)C(=O)N[C@H](CC1CC1)C(N)=O. The van der Waals surface area contributed by atoms with Crippen LogP contribution >= 0.6 is 0 Å². The fourth-order valence-electron chi connectivity index (χ4n) is 2.51. The van der Waals surface area contributed by atoms with Gasteiger partial charge in [-0.3, -0.25) is 14.4 Å². The highest BCUT2D eigenvalue weighted by Crippen LogP contribution is 2.33. The first kappa shape index (κ1) is 17.0. The average Bonchev–Trinajstić information content (AvgIpc) is 3.30. The molecule has 1 fully saturated rings. The van der Waals surface area contributed by atoms with Gasteiger partial charge >= 0.3 is 0 Å². The van der Waals surface area contributed by atoms with Gasteiger partial charge in [0, 0.05) is 13.3 Å². The predicted molar refractivity (Wildman–Crippen MR) is 86.2 cm³/mol. The Balaban J connectivity index is 2.02. The van der Waals surface area contributed by atoms with Crippen molar-refractivity contribution in [2.45, 2.75) is 44.7 Å². The highest BCUT2D eigenvalue weighted by Gasteiger charge is 2.31. The van der Waals surface area contributed by atoms with E-state index in [1.165, 1.54) is 6.92 Å². The Bertz CT molecular complexity index is 570. The minimum atomic E-state index is -0.726. The molecule has 23 heavy (non-hydrogen) atoms. The van der Waals surface area contributed by atoms with Gasteiger partial charge in [0.1, 0.15) is 12.1 Å². The molecule has 1 aliphatic carbocycles. The standard InChI is InChI=1S/C17H23N3O3/c1-11(21)19-15(10-12-5-3-2-4-6-12)17(23)20-14(16(18)22)9-13-7-8-13/h2-6,13-15H,7-10H2,1H3,(H2,18,22)(H,19,21)(H,20,23)/t14-,15+/m1/s1. The van der Waals surface area contributed by atoms with Crippen LogP contribution < -0.4 is 16.4 Å².